The molecule has 0 radical (unpaired) electrons. The zero-order valence-corrected chi connectivity index (χ0v) is 9.87. The van der Waals surface area contributed by atoms with Crippen molar-refractivity contribution in [2.45, 2.75) is 18.7 Å². The van der Waals surface area contributed by atoms with Crippen molar-refractivity contribution in [2.24, 2.45) is 0 Å². The average molecular weight is 226 g/mol. The first-order chi connectivity index (χ1) is 7.09. The van der Waals surface area contributed by atoms with E-state index in [1.807, 2.05) is 37.3 Å². The van der Waals surface area contributed by atoms with E-state index in [-0.39, 0.29) is 11.3 Å². The molecule has 0 saturated heterocycles. The number of nitrogens with zero attached hydrogens (tertiary/aromatic N) is 1. The van der Waals surface area contributed by atoms with Crippen LogP contribution in [0, 0.1) is 0 Å². The molecule has 1 aromatic carbocycles. The average Bonchev–Trinajstić information content (AvgIpc) is 2.18. The van der Waals surface area contributed by atoms with Crippen molar-refractivity contribution >= 4 is 17.5 Å². The van der Waals surface area contributed by atoms with Crippen LogP contribution in [0.5, 0.6) is 0 Å². The monoisotopic (exact) mass is 225 g/mol. The first-order valence-corrected chi connectivity index (χ1v) is 5.45. The molecule has 0 N–H and O–H groups in total. The molecule has 1 atom stereocenters. The molecule has 1 rings (SSSR count). The highest BCUT2D eigenvalue weighted by molar-refractivity contribution is 6.20. The molecular formula is C12H16ClNO. The third-order valence-corrected chi connectivity index (χ3v) is 2.29. The second-order valence-corrected chi connectivity index (χ2v) is 4.46. The SMILES string of the molecule is CC(Cl)CN(C)C(=O)Cc1ccccc1. The fraction of sp³-hybridized carbons (Fsp3) is 0.417. The second kappa shape index (κ2) is 5.76. The van der Waals surface area contributed by atoms with Crippen molar-refractivity contribution in [3.05, 3.63) is 35.9 Å². The molecule has 0 saturated carbocycles. The molecule has 0 bridgehead atoms. The van der Waals surface area contributed by atoms with Gasteiger partial charge in [-0.1, -0.05) is 30.3 Å². The van der Waals surface area contributed by atoms with Crippen LogP contribution in [0.15, 0.2) is 30.3 Å². The van der Waals surface area contributed by atoms with Crippen LogP contribution in [0.25, 0.3) is 0 Å². The summed E-state index contributed by atoms with van der Waals surface area (Å²) in [4.78, 5) is 13.4. The van der Waals surface area contributed by atoms with Crippen LogP contribution in [-0.2, 0) is 11.2 Å². The lowest BCUT2D eigenvalue weighted by atomic mass is 10.1. The molecule has 1 unspecified atom stereocenters. The Balaban J connectivity index is 2.49. The highest BCUT2D eigenvalue weighted by Gasteiger charge is 2.11. The Labute approximate surface area is 95.8 Å². The van der Waals surface area contributed by atoms with E-state index in [0.717, 1.165) is 5.56 Å². The molecule has 1 amide bonds. The van der Waals surface area contributed by atoms with Gasteiger partial charge in [0.15, 0.2) is 0 Å². The smallest absolute Gasteiger partial charge is 0.226 e. The summed E-state index contributed by atoms with van der Waals surface area (Å²) in [5, 5.41) is -0.00489. The van der Waals surface area contributed by atoms with Gasteiger partial charge in [-0.2, -0.15) is 0 Å². The third-order valence-electron chi connectivity index (χ3n) is 2.15. The number of hydrogen-bond acceptors (Lipinski definition) is 1. The van der Waals surface area contributed by atoms with Crippen LogP contribution in [0.3, 0.4) is 0 Å². The van der Waals surface area contributed by atoms with Gasteiger partial charge < -0.3 is 4.90 Å². The van der Waals surface area contributed by atoms with Gasteiger partial charge in [0.1, 0.15) is 0 Å². The fourth-order valence-corrected chi connectivity index (χ4v) is 1.59. The van der Waals surface area contributed by atoms with Crippen molar-refractivity contribution in [1.29, 1.82) is 0 Å². The molecule has 0 fully saturated rings. The summed E-state index contributed by atoms with van der Waals surface area (Å²) in [6.07, 6.45) is 0.445. The number of alkyl halides is 1. The molecule has 3 heteroatoms. The van der Waals surface area contributed by atoms with Gasteiger partial charge in [0.25, 0.3) is 0 Å². The van der Waals surface area contributed by atoms with E-state index in [1.165, 1.54) is 0 Å². The molecule has 0 aromatic heterocycles. The Morgan fingerprint density at radius 1 is 1.40 bits per heavy atom. The van der Waals surface area contributed by atoms with Crippen molar-refractivity contribution in [1.82, 2.24) is 4.90 Å². The molecule has 1 aromatic rings. The van der Waals surface area contributed by atoms with Crippen molar-refractivity contribution in [2.75, 3.05) is 13.6 Å². The summed E-state index contributed by atoms with van der Waals surface area (Å²) >= 11 is 5.83. The molecule has 0 aliphatic heterocycles. The predicted molar refractivity (Wildman–Crippen MR) is 63.1 cm³/mol. The van der Waals surface area contributed by atoms with Gasteiger partial charge >= 0.3 is 0 Å². The van der Waals surface area contributed by atoms with Gasteiger partial charge in [-0.3, -0.25) is 4.79 Å². The third kappa shape index (κ3) is 4.34. The van der Waals surface area contributed by atoms with Gasteiger partial charge in [-0.15, -0.1) is 11.6 Å². The lowest BCUT2D eigenvalue weighted by Crippen LogP contribution is -2.32. The second-order valence-electron chi connectivity index (χ2n) is 3.72. The highest BCUT2D eigenvalue weighted by Crippen LogP contribution is 2.03. The minimum atomic E-state index is -0.00489. The molecule has 0 aliphatic rings. The Kier molecular flexibility index (Phi) is 4.63. The van der Waals surface area contributed by atoms with Gasteiger partial charge in [0.05, 0.1) is 6.42 Å². The van der Waals surface area contributed by atoms with E-state index in [9.17, 15) is 4.79 Å². The Bertz CT molecular complexity index is 311. The standard InChI is InChI=1S/C12H16ClNO/c1-10(13)9-14(2)12(15)8-11-6-4-3-5-7-11/h3-7,10H,8-9H2,1-2H3. The fourth-order valence-electron chi connectivity index (χ4n) is 1.38. The summed E-state index contributed by atoms with van der Waals surface area (Å²) in [5.74, 6) is 0.105. The van der Waals surface area contributed by atoms with E-state index >= 15 is 0 Å². The topological polar surface area (TPSA) is 20.3 Å². The lowest BCUT2D eigenvalue weighted by Gasteiger charge is -2.18. The zero-order valence-electron chi connectivity index (χ0n) is 9.11. The molecule has 15 heavy (non-hydrogen) atoms. The van der Waals surface area contributed by atoms with Gasteiger partial charge in [-0.25, -0.2) is 0 Å². The predicted octanol–water partition coefficient (Wildman–Crippen LogP) is 2.31. The number of likely N-dealkylation sites (N-methyl/N-ethyl adjacent to an activating group) is 1. The Morgan fingerprint density at radius 3 is 2.53 bits per heavy atom. The number of carbonyl (C=O) groups excluding carboxylic acids is 1. The minimum Gasteiger partial charge on any atom is -0.344 e. The highest BCUT2D eigenvalue weighted by atomic mass is 35.5. The van der Waals surface area contributed by atoms with Crippen LogP contribution in [0.2, 0.25) is 0 Å². The number of halogens is 1. The first-order valence-electron chi connectivity index (χ1n) is 5.01. The Morgan fingerprint density at radius 2 is 2.00 bits per heavy atom. The normalized spacial score (nSPS) is 12.2. The lowest BCUT2D eigenvalue weighted by molar-refractivity contribution is -0.129. The maximum absolute atomic E-state index is 11.7. The van der Waals surface area contributed by atoms with Crippen LogP contribution < -0.4 is 0 Å². The van der Waals surface area contributed by atoms with Crippen molar-refractivity contribution in [3.63, 3.8) is 0 Å². The number of carbonyl (C=O) groups is 1. The molecule has 0 aliphatic carbocycles. The number of rotatable bonds is 4. The maximum Gasteiger partial charge on any atom is 0.226 e. The summed E-state index contributed by atoms with van der Waals surface area (Å²) in [6, 6.07) is 9.73. The molecule has 2 nitrogen and oxygen atoms in total. The minimum absolute atomic E-state index is 0.00489. The van der Waals surface area contributed by atoms with E-state index in [4.69, 9.17) is 11.6 Å². The molecule has 0 spiro atoms. The van der Waals surface area contributed by atoms with Gasteiger partial charge in [0, 0.05) is 19.0 Å². The number of benzene rings is 1. The zero-order chi connectivity index (χ0) is 11.3. The summed E-state index contributed by atoms with van der Waals surface area (Å²) in [7, 11) is 1.78. The summed E-state index contributed by atoms with van der Waals surface area (Å²) < 4.78 is 0. The van der Waals surface area contributed by atoms with Gasteiger partial charge in [-0.05, 0) is 12.5 Å². The van der Waals surface area contributed by atoms with Crippen LogP contribution >= 0.6 is 11.6 Å². The quantitative estimate of drug-likeness (QED) is 0.721. The van der Waals surface area contributed by atoms with Crippen LogP contribution in [0.4, 0.5) is 0 Å². The number of amides is 1. The maximum atomic E-state index is 11.7. The summed E-state index contributed by atoms with van der Waals surface area (Å²) in [6.45, 7) is 2.47. The molecular weight excluding hydrogens is 210 g/mol. The van der Waals surface area contributed by atoms with Crippen molar-refractivity contribution < 1.29 is 4.79 Å². The largest absolute Gasteiger partial charge is 0.344 e. The van der Waals surface area contributed by atoms with E-state index in [1.54, 1.807) is 11.9 Å². The first kappa shape index (κ1) is 12.1. The van der Waals surface area contributed by atoms with Crippen LogP contribution in [-0.4, -0.2) is 29.8 Å². The molecule has 0 heterocycles. The van der Waals surface area contributed by atoms with Crippen LogP contribution in [0.1, 0.15) is 12.5 Å². The Hall–Kier alpha value is -1.02. The molecule has 82 valence electrons. The summed E-state index contributed by atoms with van der Waals surface area (Å²) in [5.41, 5.74) is 1.04. The van der Waals surface area contributed by atoms with E-state index in [0.29, 0.717) is 13.0 Å². The van der Waals surface area contributed by atoms with E-state index < -0.39 is 0 Å². The van der Waals surface area contributed by atoms with Crippen molar-refractivity contribution in [3.8, 4) is 0 Å². The van der Waals surface area contributed by atoms with E-state index in [2.05, 4.69) is 0 Å². The van der Waals surface area contributed by atoms with Gasteiger partial charge in [0.2, 0.25) is 5.91 Å². The number of hydrogen-bond donors (Lipinski definition) is 0.